The maximum absolute atomic E-state index is 5.92. The molecule has 2 rings (SSSR count). The van der Waals surface area contributed by atoms with Crippen LogP contribution in [-0.4, -0.2) is 33.3 Å². The van der Waals surface area contributed by atoms with Crippen LogP contribution in [0.1, 0.15) is 27.7 Å². The lowest BCUT2D eigenvalue weighted by atomic mass is 9.85. The lowest BCUT2D eigenvalue weighted by Gasteiger charge is -2.32. The van der Waals surface area contributed by atoms with Gasteiger partial charge in [-0.2, -0.15) is 0 Å². The maximum Gasteiger partial charge on any atom is 0.517 e. The Morgan fingerprint density at radius 3 is 2.06 bits per heavy atom. The van der Waals surface area contributed by atoms with E-state index in [1.54, 1.807) is 4.68 Å². The van der Waals surface area contributed by atoms with Crippen LogP contribution in [0.25, 0.3) is 0 Å². The van der Waals surface area contributed by atoms with Crippen LogP contribution in [0.2, 0.25) is 0 Å². The Bertz CT molecular complexity index is 383. The van der Waals surface area contributed by atoms with Gasteiger partial charge in [-0.05, 0) is 43.6 Å². The fourth-order valence-corrected chi connectivity index (χ4v) is 2.06. The van der Waals surface area contributed by atoms with Crippen molar-refractivity contribution in [1.29, 1.82) is 0 Å². The number of hydrogen-bond donors (Lipinski definition) is 0. The molecule has 1 saturated heterocycles. The van der Waals surface area contributed by atoms with Crippen LogP contribution < -0.4 is 5.59 Å². The molecule has 0 radical (unpaired) electrons. The second kappa shape index (κ2) is 3.55. The molecule has 5 nitrogen and oxygen atoms in total. The molecule has 1 aliphatic heterocycles. The van der Waals surface area contributed by atoms with Crippen LogP contribution >= 0.6 is 15.9 Å². The summed E-state index contributed by atoms with van der Waals surface area (Å²) in [6.07, 6.45) is 0. The van der Waals surface area contributed by atoms with E-state index in [0.29, 0.717) is 4.60 Å². The SMILES string of the molecule is Cn1nnc(Br)c1B1OC(C)(C)C(C)(C)O1. The zero-order chi connectivity index (χ0) is 12.1. The Morgan fingerprint density at radius 2 is 1.69 bits per heavy atom. The third-order valence-electron chi connectivity index (χ3n) is 3.30. The highest BCUT2D eigenvalue weighted by atomic mass is 79.9. The molecule has 88 valence electrons. The summed E-state index contributed by atoms with van der Waals surface area (Å²) in [4.78, 5) is 0. The normalized spacial score (nSPS) is 22.8. The summed E-state index contributed by atoms with van der Waals surface area (Å²) >= 11 is 3.35. The number of aryl methyl sites for hydroxylation is 1. The van der Waals surface area contributed by atoms with Crippen LogP contribution in [0.15, 0.2) is 4.60 Å². The maximum atomic E-state index is 5.92. The van der Waals surface area contributed by atoms with E-state index >= 15 is 0 Å². The number of nitrogens with zero attached hydrogens (tertiary/aromatic N) is 3. The van der Waals surface area contributed by atoms with Crippen molar-refractivity contribution < 1.29 is 9.31 Å². The molecule has 1 aromatic heterocycles. The minimum absolute atomic E-state index is 0.346. The molecule has 0 N–H and O–H groups in total. The standard InChI is InChI=1S/C9H15BBrN3O2/c1-8(2)9(3,4)16-10(15-8)6-7(11)12-13-14(6)5/h1-5H3. The van der Waals surface area contributed by atoms with E-state index in [-0.39, 0.29) is 11.2 Å². The fourth-order valence-electron chi connectivity index (χ4n) is 1.54. The second-order valence-corrected chi connectivity index (χ2v) is 5.73. The molecule has 0 atom stereocenters. The quantitative estimate of drug-likeness (QED) is 0.720. The Morgan fingerprint density at radius 1 is 1.19 bits per heavy atom. The van der Waals surface area contributed by atoms with Gasteiger partial charge in [0.25, 0.3) is 0 Å². The Kier molecular flexibility index (Phi) is 2.68. The molecule has 1 fully saturated rings. The van der Waals surface area contributed by atoms with E-state index < -0.39 is 7.12 Å². The van der Waals surface area contributed by atoms with E-state index in [9.17, 15) is 0 Å². The van der Waals surface area contributed by atoms with Gasteiger partial charge in [0.2, 0.25) is 0 Å². The van der Waals surface area contributed by atoms with Crippen molar-refractivity contribution >= 4 is 28.6 Å². The predicted molar refractivity (Wildman–Crippen MR) is 64.4 cm³/mol. The topological polar surface area (TPSA) is 49.2 Å². The molecular weight excluding hydrogens is 273 g/mol. The fraction of sp³-hybridized carbons (Fsp3) is 0.778. The minimum atomic E-state index is -0.431. The Balaban J connectivity index is 2.34. The summed E-state index contributed by atoms with van der Waals surface area (Å²) in [6, 6.07) is 0. The lowest BCUT2D eigenvalue weighted by molar-refractivity contribution is 0.00578. The summed E-state index contributed by atoms with van der Waals surface area (Å²) in [5.41, 5.74) is 0.113. The van der Waals surface area contributed by atoms with Crippen molar-refractivity contribution in [1.82, 2.24) is 15.0 Å². The van der Waals surface area contributed by atoms with E-state index in [1.807, 2.05) is 34.7 Å². The van der Waals surface area contributed by atoms with E-state index in [2.05, 4.69) is 26.2 Å². The summed E-state index contributed by atoms with van der Waals surface area (Å²) in [7, 11) is 1.39. The van der Waals surface area contributed by atoms with Crippen LogP contribution in [-0.2, 0) is 16.4 Å². The van der Waals surface area contributed by atoms with Gasteiger partial charge in [-0.25, -0.2) is 0 Å². The molecule has 0 aromatic carbocycles. The summed E-state index contributed by atoms with van der Waals surface area (Å²) in [6.45, 7) is 8.07. The molecule has 0 amide bonds. The number of halogens is 1. The second-order valence-electron chi connectivity index (χ2n) is 4.98. The summed E-state index contributed by atoms with van der Waals surface area (Å²) in [5.74, 6) is 0. The van der Waals surface area contributed by atoms with Crippen LogP contribution in [0.4, 0.5) is 0 Å². The monoisotopic (exact) mass is 287 g/mol. The van der Waals surface area contributed by atoms with Crippen molar-refractivity contribution in [2.24, 2.45) is 7.05 Å². The smallest absolute Gasteiger partial charge is 0.398 e. The van der Waals surface area contributed by atoms with Crippen molar-refractivity contribution in [2.45, 2.75) is 38.9 Å². The molecule has 0 bridgehead atoms. The molecule has 0 saturated carbocycles. The summed E-state index contributed by atoms with van der Waals surface area (Å²) < 4.78 is 14.2. The number of aromatic nitrogens is 3. The Labute approximate surface area is 104 Å². The van der Waals surface area contributed by atoms with Crippen LogP contribution in [0.3, 0.4) is 0 Å². The lowest BCUT2D eigenvalue weighted by Crippen LogP contribution is -2.41. The van der Waals surface area contributed by atoms with Gasteiger partial charge in [-0.1, -0.05) is 5.21 Å². The van der Waals surface area contributed by atoms with Crippen LogP contribution in [0.5, 0.6) is 0 Å². The molecule has 0 spiro atoms. The number of hydrogen-bond acceptors (Lipinski definition) is 4. The Hall–Kier alpha value is -0.395. The molecule has 0 aliphatic carbocycles. The van der Waals surface area contributed by atoms with Gasteiger partial charge in [0.1, 0.15) is 10.2 Å². The molecule has 16 heavy (non-hydrogen) atoms. The molecule has 1 aliphatic rings. The average Bonchev–Trinajstić information content (AvgIpc) is 2.52. The molecular formula is C9H15BBrN3O2. The van der Waals surface area contributed by atoms with Gasteiger partial charge in [0.05, 0.1) is 11.2 Å². The van der Waals surface area contributed by atoms with Crippen molar-refractivity contribution in [2.75, 3.05) is 0 Å². The van der Waals surface area contributed by atoms with Gasteiger partial charge in [0, 0.05) is 7.05 Å². The van der Waals surface area contributed by atoms with Crippen molar-refractivity contribution in [3.63, 3.8) is 0 Å². The largest absolute Gasteiger partial charge is 0.517 e. The van der Waals surface area contributed by atoms with E-state index in [0.717, 1.165) is 5.59 Å². The van der Waals surface area contributed by atoms with E-state index in [1.165, 1.54) is 0 Å². The zero-order valence-corrected chi connectivity index (χ0v) is 11.7. The van der Waals surface area contributed by atoms with Gasteiger partial charge < -0.3 is 9.31 Å². The highest BCUT2D eigenvalue weighted by molar-refractivity contribution is 9.10. The first-order valence-electron chi connectivity index (χ1n) is 5.15. The average molecular weight is 288 g/mol. The molecule has 1 aromatic rings. The van der Waals surface area contributed by atoms with Gasteiger partial charge in [0.15, 0.2) is 0 Å². The van der Waals surface area contributed by atoms with Crippen LogP contribution in [0, 0.1) is 0 Å². The first kappa shape index (κ1) is 12.1. The molecule has 2 heterocycles. The minimum Gasteiger partial charge on any atom is -0.398 e. The first-order chi connectivity index (χ1) is 7.24. The van der Waals surface area contributed by atoms with E-state index in [4.69, 9.17) is 9.31 Å². The highest BCUT2D eigenvalue weighted by Crippen LogP contribution is 2.36. The van der Waals surface area contributed by atoms with Crippen molar-refractivity contribution in [3.05, 3.63) is 4.60 Å². The summed E-state index contributed by atoms with van der Waals surface area (Å²) in [5, 5.41) is 7.84. The highest BCUT2D eigenvalue weighted by Gasteiger charge is 2.53. The molecule has 0 unspecified atom stereocenters. The first-order valence-corrected chi connectivity index (χ1v) is 5.94. The predicted octanol–water partition coefficient (Wildman–Crippen LogP) is 0.877. The van der Waals surface area contributed by atoms with Gasteiger partial charge in [-0.3, -0.25) is 4.68 Å². The zero-order valence-electron chi connectivity index (χ0n) is 10.1. The van der Waals surface area contributed by atoms with Crippen molar-refractivity contribution in [3.8, 4) is 0 Å². The van der Waals surface area contributed by atoms with Gasteiger partial charge in [-0.15, -0.1) is 5.10 Å². The number of rotatable bonds is 1. The molecule has 7 heteroatoms. The third kappa shape index (κ3) is 1.71. The van der Waals surface area contributed by atoms with Gasteiger partial charge >= 0.3 is 7.12 Å². The third-order valence-corrected chi connectivity index (χ3v) is 3.87.